The smallest absolute Gasteiger partial charge is 0.224 e. The maximum absolute atomic E-state index is 11.6. The van der Waals surface area contributed by atoms with Gasteiger partial charge in [0.15, 0.2) is 0 Å². The molecular formula is C12H14ClN5O. The van der Waals surface area contributed by atoms with E-state index in [4.69, 9.17) is 11.6 Å². The summed E-state index contributed by atoms with van der Waals surface area (Å²) in [6, 6.07) is 5.60. The van der Waals surface area contributed by atoms with E-state index in [9.17, 15) is 4.79 Å². The van der Waals surface area contributed by atoms with Crippen LogP contribution in [0, 0.1) is 6.92 Å². The number of alkyl halides is 1. The van der Waals surface area contributed by atoms with E-state index < -0.39 is 0 Å². The summed E-state index contributed by atoms with van der Waals surface area (Å²) in [7, 11) is 0. The lowest BCUT2D eigenvalue weighted by Gasteiger charge is -2.09. The maximum Gasteiger partial charge on any atom is 0.224 e. The van der Waals surface area contributed by atoms with E-state index in [1.807, 2.05) is 25.1 Å². The quantitative estimate of drug-likeness (QED) is 0.849. The van der Waals surface area contributed by atoms with E-state index in [1.54, 1.807) is 4.68 Å². The molecule has 0 radical (unpaired) electrons. The molecule has 0 spiro atoms. The predicted molar refractivity (Wildman–Crippen MR) is 72.5 cm³/mol. The molecule has 6 nitrogen and oxygen atoms in total. The van der Waals surface area contributed by atoms with Gasteiger partial charge in [-0.25, -0.2) is 4.68 Å². The van der Waals surface area contributed by atoms with Crippen LogP contribution in [0.5, 0.6) is 0 Å². The zero-order valence-corrected chi connectivity index (χ0v) is 11.3. The molecule has 1 amide bonds. The number of amides is 1. The lowest BCUT2D eigenvalue weighted by atomic mass is 10.1. The molecule has 100 valence electrons. The fraction of sp³-hybridized carbons (Fsp3) is 0.333. The number of halogens is 1. The first kappa shape index (κ1) is 13.5. The summed E-state index contributed by atoms with van der Waals surface area (Å²) in [5.41, 5.74) is 2.57. The third-order valence-electron chi connectivity index (χ3n) is 2.63. The van der Waals surface area contributed by atoms with Crippen molar-refractivity contribution in [3.8, 4) is 5.69 Å². The van der Waals surface area contributed by atoms with Crippen molar-refractivity contribution in [2.24, 2.45) is 0 Å². The van der Waals surface area contributed by atoms with E-state index >= 15 is 0 Å². The summed E-state index contributed by atoms with van der Waals surface area (Å²) in [5, 5.41) is 13.9. The largest absolute Gasteiger partial charge is 0.326 e. The number of aromatic nitrogens is 4. The SMILES string of the molecule is Cc1ccc(NC(=O)CCCCl)cc1-n1cnnn1. The van der Waals surface area contributed by atoms with Crippen LogP contribution in [-0.4, -0.2) is 32.0 Å². The van der Waals surface area contributed by atoms with Gasteiger partial charge >= 0.3 is 0 Å². The second-order valence-electron chi connectivity index (χ2n) is 4.10. The van der Waals surface area contributed by atoms with Gasteiger partial charge in [0.25, 0.3) is 0 Å². The third kappa shape index (κ3) is 3.51. The fourth-order valence-corrected chi connectivity index (χ4v) is 1.79. The minimum atomic E-state index is -0.0489. The molecule has 1 N–H and O–H groups in total. The highest BCUT2D eigenvalue weighted by atomic mass is 35.5. The Kier molecular flexibility index (Phi) is 4.46. The molecule has 0 saturated carbocycles. The molecule has 1 heterocycles. The second kappa shape index (κ2) is 6.29. The number of benzene rings is 1. The highest BCUT2D eigenvalue weighted by Gasteiger charge is 2.06. The van der Waals surface area contributed by atoms with E-state index in [1.165, 1.54) is 6.33 Å². The Bertz CT molecular complexity index is 555. The number of hydrogen-bond acceptors (Lipinski definition) is 4. The average molecular weight is 280 g/mol. The number of carbonyl (C=O) groups is 1. The second-order valence-corrected chi connectivity index (χ2v) is 4.47. The molecule has 0 unspecified atom stereocenters. The van der Waals surface area contributed by atoms with E-state index in [0.717, 1.165) is 16.9 Å². The molecule has 0 aliphatic heterocycles. The number of aryl methyl sites for hydroxylation is 1. The molecule has 19 heavy (non-hydrogen) atoms. The van der Waals surface area contributed by atoms with Gasteiger partial charge in [-0.15, -0.1) is 16.7 Å². The van der Waals surface area contributed by atoms with Crippen molar-refractivity contribution in [3.63, 3.8) is 0 Å². The van der Waals surface area contributed by atoms with Gasteiger partial charge in [0.1, 0.15) is 6.33 Å². The number of carbonyl (C=O) groups excluding carboxylic acids is 1. The van der Waals surface area contributed by atoms with E-state index in [0.29, 0.717) is 18.7 Å². The molecule has 7 heteroatoms. The van der Waals surface area contributed by atoms with Gasteiger partial charge in [0.05, 0.1) is 5.69 Å². The molecule has 0 aliphatic rings. The number of nitrogens with zero attached hydrogens (tertiary/aromatic N) is 4. The first-order valence-electron chi connectivity index (χ1n) is 5.90. The van der Waals surface area contributed by atoms with Crippen LogP contribution in [0.1, 0.15) is 18.4 Å². The van der Waals surface area contributed by atoms with Crippen LogP contribution in [0.15, 0.2) is 24.5 Å². The normalized spacial score (nSPS) is 10.4. The van der Waals surface area contributed by atoms with Gasteiger partial charge in [-0.05, 0) is 41.5 Å². The highest BCUT2D eigenvalue weighted by Crippen LogP contribution is 2.18. The van der Waals surface area contributed by atoms with Crippen LogP contribution in [0.4, 0.5) is 5.69 Å². The molecule has 0 bridgehead atoms. The average Bonchev–Trinajstić information content (AvgIpc) is 2.92. The van der Waals surface area contributed by atoms with Gasteiger partial charge in [-0.1, -0.05) is 6.07 Å². The van der Waals surface area contributed by atoms with Crippen LogP contribution in [-0.2, 0) is 4.79 Å². The summed E-state index contributed by atoms with van der Waals surface area (Å²) in [5.74, 6) is 0.434. The summed E-state index contributed by atoms with van der Waals surface area (Å²) in [6.07, 6.45) is 2.60. The minimum absolute atomic E-state index is 0.0489. The van der Waals surface area contributed by atoms with Crippen molar-refractivity contribution in [2.75, 3.05) is 11.2 Å². The monoisotopic (exact) mass is 279 g/mol. The van der Waals surface area contributed by atoms with Crippen LogP contribution in [0.25, 0.3) is 5.69 Å². The summed E-state index contributed by atoms with van der Waals surface area (Å²) < 4.78 is 1.56. The van der Waals surface area contributed by atoms with Crippen molar-refractivity contribution in [1.29, 1.82) is 0 Å². The molecule has 0 atom stereocenters. The summed E-state index contributed by atoms with van der Waals surface area (Å²) in [4.78, 5) is 11.6. The lowest BCUT2D eigenvalue weighted by Crippen LogP contribution is -2.12. The van der Waals surface area contributed by atoms with Crippen molar-refractivity contribution < 1.29 is 4.79 Å². The topological polar surface area (TPSA) is 72.7 Å². The first-order valence-corrected chi connectivity index (χ1v) is 6.44. The Morgan fingerprint density at radius 1 is 1.47 bits per heavy atom. The predicted octanol–water partition coefficient (Wildman–Crippen LogP) is 1.93. The standard InChI is InChI=1S/C12H14ClN5O/c1-9-4-5-10(15-12(19)3-2-6-13)7-11(9)18-8-14-16-17-18/h4-5,7-8H,2-3,6H2,1H3,(H,15,19). The summed E-state index contributed by atoms with van der Waals surface area (Å²) in [6.45, 7) is 1.95. The molecule has 1 aromatic carbocycles. The number of nitrogens with one attached hydrogen (secondary N) is 1. The zero-order chi connectivity index (χ0) is 13.7. The number of hydrogen-bond donors (Lipinski definition) is 1. The van der Waals surface area contributed by atoms with Gasteiger partial charge in [0, 0.05) is 18.0 Å². The third-order valence-corrected chi connectivity index (χ3v) is 2.89. The van der Waals surface area contributed by atoms with Crippen molar-refractivity contribution in [2.45, 2.75) is 19.8 Å². The zero-order valence-electron chi connectivity index (χ0n) is 10.5. The summed E-state index contributed by atoms with van der Waals surface area (Å²) >= 11 is 5.56. The number of rotatable bonds is 5. The van der Waals surface area contributed by atoms with E-state index in [2.05, 4.69) is 20.8 Å². The molecule has 2 aromatic rings. The molecule has 0 saturated heterocycles. The Hall–Kier alpha value is -1.95. The van der Waals surface area contributed by atoms with Crippen LogP contribution >= 0.6 is 11.6 Å². The molecule has 1 aromatic heterocycles. The number of anilines is 1. The molecule has 0 fully saturated rings. The minimum Gasteiger partial charge on any atom is -0.326 e. The van der Waals surface area contributed by atoms with Crippen LogP contribution < -0.4 is 5.32 Å². The molecule has 2 rings (SSSR count). The fourth-order valence-electron chi connectivity index (χ4n) is 1.66. The van der Waals surface area contributed by atoms with Gasteiger partial charge < -0.3 is 5.32 Å². The van der Waals surface area contributed by atoms with Crippen molar-refractivity contribution >= 4 is 23.2 Å². The van der Waals surface area contributed by atoms with Crippen molar-refractivity contribution in [3.05, 3.63) is 30.1 Å². The maximum atomic E-state index is 11.6. The Balaban J connectivity index is 2.15. The van der Waals surface area contributed by atoms with Gasteiger partial charge in [0.2, 0.25) is 5.91 Å². The van der Waals surface area contributed by atoms with Crippen LogP contribution in [0.3, 0.4) is 0 Å². The lowest BCUT2D eigenvalue weighted by molar-refractivity contribution is -0.116. The number of tetrazole rings is 1. The van der Waals surface area contributed by atoms with Crippen LogP contribution in [0.2, 0.25) is 0 Å². The van der Waals surface area contributed by atoms with Gasteiger partial charge in [-0.2, -0.15) is 0 Å². The first-order chi connectivity index (χ1) is 9.20. The molecule has 0 aliphatic carbocycles. The van der Waals surface area contributed by atoms with Crippen molar-refractivity contribution in [1.82, 2.24) is 20.2 Å². The highest BCUT2D eigenvalue weighted by molar-refractivity contribution is 6.18. The molecular weight excluding hydrogens is 266 g/mol. The van der Waals surface area contributed by atoms with Gasteiger partial charge in [-0.3, -0.25) is 4.79 Å². The van der Waals surface area contributed by atoms with E-state index in [-0.39, 0.29) is 5.91 Å². The Labute approximate surface area is 115 Å². The Morgan fingerprint density at radius 3 is 3.00 bits per heavy atom. The Morgan fingerprint density at radius 2 is 2.32 bits per heavy atom.